The Hall–Kier alpha value is -3.39. The van der Waals surface area contributed by atoms with Gasteiger partial charge in [-0.3, -0.25) is 9.78 Å². The fraction of sp³-hybridized carbons (Fsp3) is 0.304. The van der Waals surface area contributed by atoms with E-state index in [1.54, 1.807) is 44.4 Å². The third-order valence-electron chi connectivity index (χ3n) is 5.01. The van der Waals surface area contributed by atoms with Gasteiger partial charge in [-0.15, -0.1) is 0 Å². The molecule has 1 saturated carbocycles. The quantitative estimate of drug-likeness (QED) is 0.560. The summed E-state index contributed by atoms with van der Waals surface area (Å²) in [5.41, 5.74) is 0.466. The molecule has 0 bridgehead atoms. The van der Waals surface area contributed by atoms with Gasteiger partial charge < -0.3 is 14.4 Å². The van der Waals surface area contributed by atoms with Gasteiger partial charge in [0.2, 0.25) is 0 Å². The summed E-state index contributed by atoms with van der Waals surface area (Å²) in [4.78, 5) is 36.8. The lowest BCUT2D eigenvalue weighted by atomic mass is 10.1. The second-order valence-electron chi connectivity index (χ2n) is 7.79. The number of amides is 1. The Morgan fingerprint density at radius 3 is 2.56 bits per heavy atom. The minimum atomic E-state index is -0.575. The van der Waals surface area contributed by atoms with Gasteiger partial charge in [-0.1, -0.05) is 17.7 Å². The average molecular weight is 455 g/mol. The molecule has 0 saturated heterocycles. The molecular formula is C23H23ClN4O4. The van der Waals surface area contributed by atoms with Gasteiger partial charge in [-0.2, -0.15) is 4.98 Å². The molecule has 2 aromatic carbocycles. The average Bonchev–Trinajstić information content (AvgIpc) is 3.60. The van der Waals surface area contributed by atoms with E-state index in [0.717, 1.165) is 12.4 Å². The third kappa shape index (κ3) is 5.26. The number of nitrogens with zero attached hydrogens (tertiary/aromatic N) is 3. The predicted molar refractivity (Wildman–Crippen MR) is 121 cm³/mol. The number of nitrogens with one attached hydrogen (secondary N) is 1. The van der Waals surface area contributed by atoms with Gasteiger partial charge in [0.05, 0.1) is 17.2 Å². The summed E-state index contributed by atoms with van der Waals surface area (Å²) in [7, 11) is 3.28. The van der Waals surface area contributed by atoms with E-state index in [2.05, 4.69) is 15.0 Å². The van der Waals surface area contributed by atoms with Gasteiger partial charge in [-0.05, 0) is 55.2 Å². The standard InChI is InChI=1S/C23H23ClN4O4/c1-28(2)19(29)13-32-18-5-3-4-17(24)20(18)22-25-21(26-23(30)27-22)15-8-10-16(11-9-15)31-12-14-6-7-14/h3-5,8-11,14H,6-7,12-13H2,1-2H3,(H,25,26,27,30). The van der Waals surface area contributed by atoms with Crippen LogP contribution in [0.1, 0.15) is 12.8 Å². The van der Waals surface area contributed by atoms with Crippen LogP contribution < -0.4 is 15.2 Å². The largest absolute Gasteiger partial charge is 0.493 e. The smallest absolute Gasteiger partial charge is 0.348 e. The first-order valence-electron chi connectivity index (χ1n) is 10.2. The van der Waals surface area contributed by atoms with Crippen LogP contribution in [0.15, 0.2) is 47.3 Å². The van der Waals surface area contributed by atoms with Crippen LogP contribution in [-0.4, -0.2) is 53.1 Å². The molecule has 1 fully saturated rings. The van der Waals surface area contributed by atoms with Gasteiger partial charge in [0.25, 0.3) is 5.91 Å². The number of halogens is 1. The molecule has 1 N–H and O–H groups in total. The van der Waals surface area contributed by atoms with Crippen LogP contribution in [0.4, 0.5) is 0 Å². The molecule has 0 atom stereocenters. The lowest BCUT2D eigenvalue weighted by Gasteiger charge is -2.15. The molecule has 1 aliphatic carbocycles. The first-order valence-corrected chi connectivity index (χ1v) is 10.6. The van der Waals surface area contributed by atoms with Gasteiger partial charge in [-0.25, -0.2) is 9.78 Å². The van der Waals surface area contributed by atoms with Crippen molar-refractivity contribution in [1.29, 1.82) is 0 Å². The zero-order chi connectivity index (χ0) is 22.7. The summed E-state index contributed by atoms with van der Waals surface area (Å²) in [5, 5.41) is 0.323. The lowest BCUT2D eigenvalue weighted by molar-refractivity contribution is -0.130. The van der Waals surface area contributed by atoms with Crippen molar-refractivity contribution in [3.63, 3.8) is 0 Å². The number of benzene rings is 2. The molecule has 0 aliphatic heterocycles. The highest BCUT2D eigenvalue weighted by Gasteiger charge is 2.22. The van der Waals surface area contributed by atoms with Gasteiger partial charge in [0.1, 0.15) is 17.3 Å². The van der Waals surface area contributed by atoms with Crippen LogP contribution in [0.25, 0.3) is 22.8 Å². The SMILES string of the molecule is CN(C)C(=O)COc1cccc(Cl)c1-c1nc(-c2ccc(OCC3CC3)cc2)nc(=O)[nH]1. The normalized spacial score (nSPS) is 13.0. The number of ether oxygens (including phenoxy) is 2. The van der Waals surface area contributed by atoms with Gasteiger partial charge in [0.15, 0.2) is 12.4 Å². The molecule has 0 unspecified atom stereocenters. The summed E-state index contributed by atoms with van der Waals surface area (Å²) in [5.74, 6) is 1.99. The van der Waals surface area contributed by atoms with Crippen molar-refractivity contribution >= 4 is 17.5 Å². The molecule has 0 radical (unpaired) electrons. The van der Waals surface area contributed by atoms with E-state index >= 15 is 0 Å². The van der Waals surface area contributed by atoms with Crippen LogP contribution >= 0.6 is 11.6 Å². The highest BCUT2D eigenvalue weighted by atomic mass is 35.5. The topological polar surface area (TPSA) is 97.4 Å². The summed E-state index contributed by atoms with van der Waals surface area (Å²) >= 11 is 6.40. The van der Waals surface area contributed by atoms with Crippen LogP contribution in [0, 0.1) is 5.92 Å². The van der Waals surface area contributed by atoms with Crippen LogP contribution in [0.3, 0.4) is 0 Å². The zero-order valence-corrected chi connectivity index (χ0v) is 18.6. The van der Waals surface area contributed by atoms with E-state index < -0.39 is 5.69 Å². The second kappa shape index (κ2) is 9.40. The van der Waals surface area contributed by atoms with Crippen LogP contribution in [-0.2, 0) is 4.79 Å². The third-order valence-corrected chi connectivity index (χ3v) is 5.32. The number of rotatable bonds is 8. The first-order chi connectivity index (χ1) is 15.4. The number of hydrogen-bond donors (Lipinski definition) is 1. The molecule has 1 aliphatic rings. The van der Waals surface area contributed by atoms with Crippen LogP contribution in [0.2, 0.25) is 5.02 Å². The fourth-order valence-electron chi connectivity index (χ4n) is 2.95. The molecule has 0 spiro atoms. The molecule has 1 heterocycles. The Labute approximate surface area is 190 Å². The first kappa shape index (κ1) is 21.8. The maximum Gasteiger partial charge on any atom is 0.348 e. The summed E-state index contributed by atoms with van der Waals surface area (Å²) in [6.07, 6.45) is 2.44. The highest BCUT2D eigenvalue weighted by Crippen LogP contribution is 2.35. The molecule has 1 amide bonds. The Bertz CT molecular complexity index is 1170. The van der Waals surface area contributed by atoms with E-state index in [4.69, 9.17) is 21.1 Å². The van der Waals surface area contributed by atoms with Crippen molar-refractivity contribution in [1.82, 2.24) is 19.9 Å². The Morgan fingerprint density at radius 1 is 1.12 bits per heavy atom. The van der Waals surface area contributed by atoms with Crippen molar-refractivity contribution in [2.45, 2.75) is 12.8 Å². The number of H-pyrrole nitrogens is 1. The van der Waals surface area contributed by atoms with Gasteiger partial charge in [0, 0.05) is 19.7 Å². The number of likely N-dealkylation sites (N-methyl/N-ethyl adjacent to an activating group) is 1. The van der Waals surface area contributed by atoms with Crippen molar-refractivity contribution in [2.75, 3.05) is 27.3 Å². The number of aromatic amines is 1. The minimum absolute atomic E-state index is 0.176. The van der Waals surface area contributed by atoms with Crippen molar-refractivity contribution in [2.24, 2.45) is 5.92 Å². The lowest BCUT2D eigenvalue weighted by Crippen LogP contribution is -2.27. The Kier molecular flexibility index (Phi) is 6.41. The van der Waals surface area contributed by atoms with Crippen molar-refractivity contribution < 1.29 is 14.3 Å². The van der Waals surface area contributed by atoms with Gasteiger partial charge >= 0.3 is 5.69 Å². The highest BCUT2D eigenvalue weighted by molar-refractivity contribution is 6.33. The van der Waals surface area contributed by atoms with E-state index in [1.807, 2.05) is 12.1 Å². The zero-order valence-electron chi connectivity index (χ0n) is 17.8. The second-order valence-corrected chi connectivity index (χ2v) is 8.20. The fourth-order valence-corrected chi connectivity index (χ4v) is 3.21. The molecule has 32 heavy (non-hydrogen) atoms. The summed E-state index contributed by atoms with van der Waals surface area (Å²) in [6, 6.07) is 12.3. The Balaban J connectivity index is 1.62. The number of carbonyl (C=O) groups excluding carboxylic acids is 1. The predicted octanol–water partition coefficient (Wildman–Crippen LogP) is 3.41. The number of carbonyl (C=O) groups is 1. The van der Waals surface area contributed by atoms with Crippen molar-refractivity contribution in [3.05, 3.63) is 58.0 Å². The molecule has 4 rings (SSSR count). The number of hydrogen-bond acceptors (Lipinski definition) is 6. The van der Waals surface area contributed by atoms with Crippen molar-refractivity contribution in [3.8, 4) is 34.3 Å². The molecule has 8 nitrogen and oxygen atoms in total. The van der Waals surface area contributed by atoms with E-state index in [-0.39, 0.29) is 24.2 Å². The maximum atomic E-state index is 12.3. The van der Waals surface area contributed by atoms with E-state index in [0.29, 0.717) is 27.8 Å². The molecule has 3 aromatic rings. The van der Waals surface area contributed by atoms with E-state index in [9.17, 15) is 9.59 Å². The molecule has 166 valence electrons. The maximum absolute atomic E-state index is 12.3. The van der Waals surface area contributed by atoms with E-state index in [1.165, 1.54) is 17.7 Å². The molecule has 9 heteroatoms. The monoisotopic (exact) mass is 454 g/mol. The minimum Gasteiger partial charge on any atom is -0.493 e. The number of aromatic nitrogens is 3. The van der Waals surface area contributed by atoms with Crippen LogP contribution in [0.5, 0.6) is 11.5 Å². The summed E-state index contributed by atoms with van der Waals surface area (Å²) in [6.45, 7) is 0.543. The molecular weight excluding hydrogens is 432 g/mol. The summed E-state index contributed by atoms with van der Waals surface area (Å²) < 4.78 is 11.4. The Morgan fingerprint density at radius 2 is 1.88 bits per heavy atom. The molecule has 1 aromatic heterocycles.